The van der Waals surface area contributed by atoms with Gasteiger partial charge in [-0.2, -0.15) is 13.2 Å². The first kappa shape index (κ1) is 20.8. The average Bonchev–Trinajstić information content (AvgIpc) is 3.05. The summed E-state index contributed by atoms with van der Waals surface area (Å²) < 4.78 is 68.4. The molecule has 0 unspecified atom stereocenters. The normalized spacial score (nSPS) is 13.4. The maximum atomic E-state index is 13.0. The Labute approximate surface area is 165 Å². The lowest BCUT2D eigenvalue weighted by Crippen LogP contribution is -2.29. The van der Waals surface area contributed by atoms with Gasteiger partial charge < -0.3 is 4.57 Å². The number of benzene rings is 1. The molecule has 0 amide bonds. The van der Waals surface area contributed by atoms with Crippen molar-refractivity contribution in [3.63, 3.8) is 0 Å². The van der Waals surface area contributed by atoms with Gasteiger partial charge in [-0.25, -0.2) is 23.1 Å². The number of aryl methyl sites for hydroxylation is 1. The van der Waals surface area contributed by atoms with Gasteiger partial charge in [0.25, 0.3) is 0 Å². The van der Waals surface area contributed by atoms with E-state index in [-0.39, 0.29) is 10.4 Å². The first-order valence-electron chi connectivity index (χ1n) is 8.59. The van der Waals surface area contributed by atoms with Gasteiger partial charge in [0.1, 0.15) is 16.4 Å². The van der Waals surface area contributed by atoms with Crippen LogP contribution in [0, 0.1) is 12.3 Å². The molecule has 3 rings (SSSR count). The van der Waals surface area contributed by atoms with Crippen LogP contribution in [0.5, 0.6) is 0 Å². The van der Waals surface area contributed by atoms with Crippen LogP contribution in [0.1, 0.15) is 37.0 Å². The predicted molar refractivity (Wildman–Crippen MR) is 101 cm³/mol. The van der Waals surface area contributed by atoms with Crippen LogP contribution in [0.2, 0.25) is 0 Å². The second kappa shape index (κ2) is 7.50. The average molecular weight is 422 g/mol. The number of alkyl halides is 3. The Morgan fingerprint density at radius 1 is 1.28 bits per heavy atom. The molecule has 1 aromatic carbocycles. The van der Waals surface area contributed by atoms with Gasteiger partial charge in [-0.05, 0) is 44.2 Å². The minimum Gasteiger partial charge on any atom is -0.327 e. The smallest absolute Gasteiger partial charge is 0.327 e. The molecule has 0 spiro atoms. The van der Waals surface area contributed by atoms with Gasteiger partial charge in [-0.1, -0.05) is 5.92 Å². The Bertz CT molecular complexity index is 1190. The van der Waals surface area contributed by atoms with Gasteiger partial charge in [-0.15, -0.1) is 6.42 Å². The van der Waals surface area contributed by atoms with Crippen LogP contribution in [0.4, 0.5) is 13.2 Å². The van der Waals surface area contributed by atoms with Crippen LogP contribution in [-0.4, -0.2) is 23.0 Å². The summed E-state index contributed by atoms with van der Waals surface area (Å²) in [6.45, 7) is 3.63. The van der Waals surface area contributed by atoms with E-state index in [1.54, 1.807) is 18.4 Å². The molecular weight excluding hydrogens is 405 g/mol. The van der Waals surface area contributed by atoms with E-state index in [9.17, 15) is 21.6 Å². The van der Waals surface area contributed by atoms with Crippen molar-refractivity contribution < 1.29 is 21.6 Å². The minimum atomic E-state index is -4.48. The van der Waals surface area contributed by atoms with Gasteiger partial charge in [0.15, 0.2) is 0 Å². The zero-order valence-corrected chi connectivity index (χ0v) is 16.3. The zero-order valence-electron chi connectivity index (χ0n) is 15.5. The number of hydrogen-bond donors (Lipinski definition) is 1. The molecule has 0 aliphatic heterocycles. The van der Waals surface area contributed by atoms with Gasteiger partial charge in [0.2, 0.25) is 10.0 Å². The number of sulfonamides is 1. The molecule has 0 aliphatic rings. The molecule has 10 heteroatoms. The number of pyridine rings is 1. The Kier molecular flexibility index (Phi) is 5.38. The third-order valence-electron chi connectivity index (χ3n) is 4.34. The molecule has 1 N–H and O–H groups in total. The van der Waals surface area contributed by atoms with Gasteiger partial charge >= 0.3 is 6.18 Å². The molecule has 0 saturated heterocycles. The Morgan fingerprint density at radius 3 is 2.55 bits per heavy atom. The summed E-state index contributed by atoms with van der Waals surface area (Å²) in [6.07, 6.45) is 1.87. The number of aromatic nitrogens is 3. The fraction of sp³-hybridized carbons (Fsp3) is 0.263. The highest BCUT2D eigenvalue weighted by atomic mass is 32.2. The SMILES string of the molecule is C#Cc1ccc(S(=O)(=O)N[C@H](C)c2nc3ccc(C(F)(F)F)cc3n2CC)cn1. The molecule has 0 radical (unpaired) electrons. The molecule has 2 heterocycles. The summed E-state index contributed by atoms with van der Waals surface area (Å²) in [6, 6.07) is 5.17. The van der Waals surface area contributed by atoms with Crippen LogP contribution < -0.4 is 4.72 Å². The number of rotatable bonds is 5. The summed E-state index contributed by atoms with van der Waals surface area (Å²) in [5, 5.41) is 0. The van der Waals surface area contributed by atoms with Crippen molar-refractivity contribution in [3.05, 3.63) is 53.6 Å². The van der Waals surface area contributed by atoms with Gasteiger partial charge in [-0.3, -0.25) is 0 Å². The van der Waals surface area contributed by atoms with Crippen LogP contribution in [0.25, 0.3) is 11.0 Å². The number of nitrogens with one attached hydrogen (secondary N) is 1. The first-order valence-corrected chi connectivity index (χ1v) is 10.1. The number of fused-ring (bicyclic) bond motifs is 1. The van der Waals surface area contributed by atoms with Crippen LogP contribution in [0.3, 0.4) is 0 Å². The van der Waals surface area contributed by atoms with Gasteiger partial charge in [0.05, 0.1) is 22.6 Å². The number of hydrogen-bond acceptors (Lipinski definition) is 4. The lowest BCUT2D eigenvalue weighted by atomic mass is 10.2. The van der Waals surface area contributed by atoms with E-state index in [1.807, 2.05) is 0 Å². The summed E-state index contributed by atoms with van der Waals surface area (Å²) in [7, 11) is -3.94. The highest BCUT2D eigenvalue weighted by Crippen LogP contribution is 2.32. The highest BCUT2D eigenvalue weighted by Gasteiger charge is 2.31. The molecule has 0 aliphatic carbocycles. The fourth-order valence-corrected chi connectivity index (χ4v) is 4.10. The Hall–Kier alpha value is -2.90. The monoisotopic (exact) mass is 422 g/mol. The highest BCUT2D eigenvalue weighted by molar-refractivity contribution is 7.89. The number of halogens is 3. The molecule has 2 aromatic heterocycles. The van der Waals surface area contributed by atoms with Crippen molar-refractivity contribution in [2.75, 3.05) is 0 Å². The predicted octanol–water partition coefficient (Wildman–Crippen LogP) is 3.49. The summed E-state index contributed by atoms with van der Waals surface area (Å²) in [5.41, 5.74) is 0.133. The van der Waals surface area contributed by atoms with Crippen molar-refractivity contribution in [1.29, 1.82) is 0 Å². The molecule has 0 fully saturated rings. The van der Waals surface area contributed by atoms with E-state index in [4.69, 9.17) is 6.42 Å². The van der Waals surface area contributed by atoms with E-state index in [2.05, 4.69) is 20.6 Å². The summed E-state index contributed by atoms with van der Waals surface area (Å²) in [4.78, 5) is 8.12. The summed E-state index contributed by atoms with van der Waals surface area (Å²) >= 11 is 0. The van der Waals surface area contributed by atoms with E-state index in [0.29, 0.717) is 23.6 Å². The largest absolute Gasteiger partial charge is 0.416 e. The van der Waals surface area contributed by atoms with Crippen molar-refractivity contribution in [2.24, 2.45) is 0 Å². The third-order valence-corrected chi connectivity index (χ3v) is 5.86. The number of nitrogens with zero attached hydrogens (tertiary/aromatic N) is 3. The van der Waals surface area contributed by atoms with Crippen molar-refractivity contribution in [1.82, 2.24) is 19.3 Å². The zero-order chi connectivity index (χ0) is 21.4. The Morgan fingerprint density at radius 2 is 2.00 bits per heavy atom. The van der Waals surface area contributed by atoms with Crippen LogP contribution in [-0.2, 0) is 22.7 Å². The quantitative estimate of drug-likeness (QED) is 0.639. The van der Waals surface area contributed by atoms with Crippen LogP contribution in [0.15, 0.2) is 41.4 Å². The molecule has 29 heavy (non-hydrogen) atoms. The standard InChI is InChI=1S/C19H17F3N4O2S/c1-4-14-7-8-15(11-23-14)29(27,28)25-12(3)18-24-16-9-6-13(19(20,21)22)10-17(16)26(18)5-2/h1,6-12,25H,5H2,2-3H3/t12-/m1/s1. The van der Waals surface area contributed by atoms with Crippen LogP contribution >= 0.6 is 0 Å². The summed E-state index contributed by atoms with van der Waals surface area (Å²) in [5.74, 6) is 2.60. The van der Waals surface area contributed by atoms with E-state index in [1.165, 1.54) is 18.2 Å². The lowest BCUT2D eigenvalue weighted by molar-refractivity contribution is -0.137. The second-order valence-corrected chi connectivity index (χ2v) is 8.00. The fourth-order valence-electron chi connectivity index (χ4n) is 2.96. The second-order valence-electron chi connectivity index (χ2n) is 6.28. The molecule has 6 nitrogen and oxygen atoms in total. The van der Waals surface area contributed by atoms with Crippen molar-refractivity contribution in [3.8, 4) is 12.3 Å². The molecule has 1 atom stereocenters. The molecule has 152 valence electrons. The third kappa shape index (κ3) is 4.11. The van der Waals surface area contributed by atoms with E-state index < -0.39 is 27.8 Å². The van der Waals surface area contributed by atoms with E-state index >= 15 is 0 Å². The number of terminal acetylenes is 1. The van der Waals surface area contributed by atoms with Gasteiger partial charge in [0, 0.05) is 12.7 Å². The molecular formula is C19H17F3N4O2S. The minimum absolute atomic E-state index is 0.0816. The molecule has 0 saturated carbocycles. The van der Waals surface area contributed by atoms with E-state index in [0.717, 1.165) is 18.3 Å². The maximum absolute atomic E-state index is 13.0. The molecule has 0 bridgehead atoms. The first-order chi connectivity index (χ1) is 13.6. The Balaban J connectivity index is 1.97. The molecule has 3 aromatic rings. The number of imidazole rings is 1. The lowest BCUT2D eigenvalue weighted by Gasteiger charge is -2.15. The maximum Gasteiger partial charge on any atom is 0.416 e. The topological polar surface area (TPSA) is 76.9 Å². The van der Waals surface area contributed by atoms with Crippen molar-refractivity contribution in [2.45, 2.75) is 37.5 Å². The van der Waals surface area contributed by atoms with Crippen molar-refractivity contribution >= 4 is 21.1 Å².